The molecule has 1 heterocycles. The summed E-state index contributed by atoms with van der Waals surface area (Å²) in [7, 11) is 0. The quantitative estimate of drug-likeness (QED) is 0.792. The lowest BCUT2D eigenvalue weighted by Gasteiger charge is -2.03. The van der Waals surface area contributed by atoms with Crippen LogP contribution in [0.5, 0.6) is 0 Å². The van der Waals surface area contributed by atoms with E-state index in [9.17, 15) is 0 Å². The molecule has 0 aliphatic rings. The van der Waals surface area contributed by atoms with Crippen LogP contribution in [0, 0.1) is 18.3 Å². The Morgan fingerprint density at radius 1 is 1.33 bits per heavy atom. The molecule has 2 aromatic rings. The molecule has 74 valence electrons. The molecule has 0 radical (unpaired) electrons. The van der Waals surface area contributed by atoms with E-state index in [0.717, 1.165) is 15.9 Å². The molecule has 4 heteroatoms. The predicted octanol–water partition coefficient (Wildman–Crippen LogP) is 2.81. The molecule has 0 saturated heterocycles. The Bertz CT molecular complexity index is 520. The predicted molar refractivity (Wildman–Crippen MR) is 60.7 cm³/mol. The molecule has 0 bridgehead atoms. The van der Waals surface area contributed by atoms with Crippen LogP contribution >= 0.6 is 15.9 Å². The molecule has 0 spiro atoms. The first-order valence-corrected chi connectivity index (χ1v) is 5.21. The van der Waals surface area contributed by atoms with E-state index in [-0.39, 0.29) is 0 Å². The fraction of sp³-hybridized carbons (Fsp3) is 0.0909. The first kappa shape index (κ1) is 9.94. The second-order valence-electron chi connectivity index (χ2n) is 3.14. The minimum Gasteiger partial charge on any atom is -0.290 e. The minimum absolute atomic E-state index is 0.581. The van der Waals surface area contributed by atoms with Gasteiger partial charge in [-0.2, -0.15) is 5.26 Å². The molecule has 0 N–H and O–H groups in total. The van der Waals surface area contributed by atoms with Crippen molar-refractivity contribution in [2.75, 3.05) is 0 Å². The maximum Gasteiger partial charge on any atom is 0.147 e. The molecule has 0 aliphatic heterocycles. The van der Waals surface area contributed by atoms with Crippen LogP contribution in [0.4, 0.5) is 0 Å². The van der Waals surface area contributed by atoms with E-state index in [0.29, 0.717) is 5.69 Å². The van der Waals surface area contributed by atoms with Gasteiger partial charge in [0, 0.05) is 10.2 Å². The zero-order valence-corrected chi connectivity index (χ0v) is 9.69. The van der Waals surface area contributed by atoms with Gasteiger partial charge in [-0.1, -0.05) is 15.9 Å². The Morgan fingerprint density at radius 2 is 2.00 bits per heavy atom. The van der Waals surface area contributed by atoms with Gasteiger partial charge < -0.3 is 0 Å². The van der Waals surface area contributed by atoms with Crippen molar-refractivity contribution in [3.05, 3.63) is 46.5 Å². The summed E-state index contributed by atoms with van der Waals surface area (Å²) in [6.45, 7) is 1.83. The van der Waals surface area contributed by atoms with E-state index in [2.05, 4.69) is 27.0 Å². The zero-order chi connectivity index (χ0) is 10.8. The van der Waals surface area contributed by atoms with Crippen molar-refractivity contribution in [2.45, 2.75) is 6.92 Å². The third-order valence-corrected chi connectivity index (χ3v) is 2.69. The van der Waals surface area contributed by atoms with Crippen molar-refractivity contribution in [1.29, 1.82) is 5.26 Å². The smallest absolute Gasteiger partial charge is 0.147 e. The van der Waals surface area contributed by atoms with Crippen molar-refractivity contribution in [2.24, 2.45) is 0 Å². The number of imidazole rings is 1. The molecular weight excluding hydrogens is 254 g/mol. The topological polar surface area (TPSA) is 41.6 Å². The van der Waals surface area contributed by atoms with E-state index in [1.807, 2.05) is 31.2 Å². The van der Waals surface area contributed by atoms with Gasteiger partial charge >= 0.3 is 0 Å². The van der Waals surface area contributed by atoms with Gasteiger partial charge in [0.15, 0.2) is 0 Å². The van der Waals surface area contributed by atoms with Gasteiger partial charge in [0.2, 0.25) is 0 Å². The monoisotopic (exact) mass is 261 g/mol. The number of nitrogens with zero attached hydrogens (tertiary/aromatic N) is 3. The van der Waals surface area contributed by atoms with Crippen molar-refractivity contribution < 1.29 is 0 Å². The van der Waals surface area contributed by atoms with Crippen molar-refractivity contribution in [1.82, 2.24) is 9.55 Å². The van der Waals surface area contributed by atoms with Crippen molar-refractivity contribution in [3.8, 4) is 11.8 Å². The lowest BCUT2D eigenvalue weighted by Crippen LogP contribution is -1.95. The van der Waals surface area contributed by atoms with E-state index >= 15 is 0 Å². The highest BCUT2D eigenvalue weighted by Crippen LogP contribution is 2.16. The number of halogens is 1. The van der Waals surface area contributed by atoms with Gasteiger partial charge in [-0.3, -0.25) is 4.57 Å². The van der Waals surface area contributed by atoms with Gasteiger partial charge in [-0.05, 0) is 31.2 Å². The molecule has 0 aliphatic carbocycles. The third kappa shape index (κ3) is 1.79. The number of nitriles is 1. The lowest BCUT2D eigenvalue weighted by atomic mass is 10.3. The minimum atomic E-state index is 0.581. The van der Waals surface area contributed by atoms with Gasteiger partial charge in [0.25, 0.3) is 0 Å². The van der Waals surface area contributed by atoms with Gasteiger partial charge in [0.1, 0.15) is 18.1 Å². The van der Waals surface area contributed by atoms with Gasteiger partial charge in [-0.25, -0.2) is 4.98 Å². The number of benzene rings is 1. The molecule has 0 saturated carbocycles. The Hall–Kier alpha value is -1.60. The molecule has 1 aromatic carbocycles. The van der Waals surface area contributed by atoms with Crippen molar-refractivity contribution >= 4 is 15.9 Å². The highest BCUT2D eigenvalue weighted by atomic mass is 79.9. The molecule has 0 amide bonds. The summed E-state index contributed by atoms with van der Waals surface area (Å²) in [5, 5.41) is 8.98. The summed E-state index contributed by atoms with van der Waals surface area (Å²) < 4.78 is 2.79. The van der Waals surface area contributed by atoms with Gasteiger partial charge in [0.05, 0.1) is 5.69 Å². The fourth-order valence-electron chi connectivity index (χ4n) is 1.37. The number of hydrogen-bond donors (Lipinski definition) is 0. The molecule has 1 aromatic heterocycles. The van der Waals surface area contributed by atoms with E-state index in [1.54, 1.807) is 10.9 Å². The highest BCUT2D eigenvalue weighted by Gasteiger charge is 2.07. The molecular formula is C11H8BrN3. The van der Waals surface area contributed by atoms with Gasteiger partial charge in [-0.15, -0.1) is 0 Å². The Kier molecular flexibility index (Phi) is 2.57. The van der Waals surface area contributed by atoms with Crippen LogP contribution in [0.3, 0.4) is 0 Å². The summed E-state index contributed by atoms with van der Waals surface area (Å²) in [6.07, 6.45) is 1.66. The van der Waals surface area contributed by atoms with Crippen molar-refractivity contribution in [3.63, 3.8) is 0 Å². The first-order chi connectivity index (χ1) is 7.22. The summed E-state index contributed by atoms with van der Waals surface area (Å²) >= 11 is 3.37. The van der Waals surface area contributed by atoms with Crippen LogP contribution in [-0.2, 0) is 0 Å². The average Bonchev–Trinajstić information content (AvgIpc) is 2.61. The maximum atomic E-state index is 8.98. The summed E-state index contributed by atoms with van der Waals surface area (Å²) in [4.78, 5) is 4.11. The number of aryl methyl sites for hydroxylation is 1. The van der Waals surface area contributed by atoms with E-state index in [4.69, 9.17) is 5.26 Å². The van der Waals surface area contributed by atoms with Crippen LogP contribution in [0.2, 0.25) is 0 Å². The second kappa shape index (κ2) is 3.87. The van der Waals surface area contributed by atoms with Crippen LogP contribution in [0.25, 0.3) is 5.69 Å². The maximum absolute atomic E-state index is 8.98. The first-order valence-electron chi connectivity index (χ1n) is 4.42. The highest BCUT2D eigenvalue weighted by molar-refractivity contribution is 9.10. The summed E-state index contributed by atoms with van der Waals surface area (Å²) in [6, 6.07) is 9.89. The lowest BCUT2D eigenvalue weighted by molar-refractivity contribution is 1.03. The van der Waals surface area contributed by atoms with Crippen LogP contribution in [0.15, 0.2) is 35.1 Å². The van der Waals surface area contributed by atoms with E-state index in [1.165, 1.54) is 0 Å². The second-order valence-corrected chi connectivity index (χ2v) is 4.05. The van der Waals surface area contributed by atoms with Crippen LogP contribution in [0.1, 0.15) is 11.4 Å². The Labute approximate surface area is 96.1 Å². The average molecular weight is 262 g/mol. The number of hydrogen-bond acceptors (Lipinski definition) is 2. The fourth-order valence-corrected chi connectivity index (χ4v) is 1.63. The normalized spacial score (nSPS) is 9.93. The Morgan fingerprint density at radius 3 is 2.60 bits per heavy atom. The van der Waals surface area contributed by atoms with E-state index < -0.39 is 0 Å². The number of aromatic nitrogens is 2. The standard InChI is InChI=1S/C11H8BrN3/c1-8-11(6-13)15(7-14-8)10-4-2-9(12)3-5-10/h2-5,7H,1H3. The Balaban J connectivity index is 2.55. The number of rotatable bonds is 1. The molecule has 0 atom stereocenters. The zero-order valence-electron chi connectivity index (χ0n) is 8.11. The SMILES string of the molecule is Cc1ncn(-c2ccc(Br)cc2)c1C#N. The third-order valence-electron chi connectivity index (χ3n) is 2.16. The molecule has 0 unspecified atom stereocenters. The van der Waals surface area contributed by atoms with Crippen LogP contribution in [-0.4, -0.2) is 9.55 Å². The molecule has 0 fully saturated rings. The molecule has 15 heavy (non-hydrogen) atoms. The summed E-state index contributed by atoms with van der Waals surface area (Å²) in [5.41, 5.74) is 2.27. The van der Waals surface area contributed by atoms with Crippen LogP contribution < -0.4 is 0 Å². The molecule has 3 nitrogen and oxygen atoms in total. The largest absolute Gasteiger partial charge is 0.290 e. The molecule has 2 rings (SSSR count). The summed E-state index contributed by atoms with van der Waals surface area (Å²) in [5.74, 6) is 0.